The highest BCUT2D eigenvalue weighted by Gasteiger charge is 2.47. The number of amidine groups is 1. The van der Waals surface area contributed by atoms with E-state index in [-0.39, 0.29) is 23.6 Å². The first-order valence-corrected chi connectivity index (χ1v) is 12.4. The second-order valence-corrected chi connectivity index (χ2v) is 11.1. The van der Waals surface area contributed by atoms with Gasteiger partial charge in [-0.15, -0.1) is 0 Å². The van der Waals surface area contributed by atoms with Crippen LogP contribution in [0.4, 0.5) is 5.69 Å². The number of hydrogen-bond acceptors (Lipinski definition) is 5. The van der Waals surface area contributed by atoms with Crippen LogP contribution >= 0.6 is 11.8 Å². The number of aliphatic imine (C=N–C) groups is 1. The van der Waals surface area contributed by atoms with Gasteiger partial charge in [-0.2, -0.15) is 0 Å². The van der Waals surface area contributed by atoms with Gasteiger partial charge in [0.05, 0.1) is 23.6 Å². The molecule has 6 heteroatoms. The van der Waals surface area contributed by atoms with E-state index in [0.29, 0.717) is 0 Å². The number of rotatable bonds is 3. The number of fused-ring (bicyclic) bond motifs is 1. The van der Waals surface area contributed by atoms with Crippen LogP contribution in [0.3, 0.4) is 0 Å². The molecule has 0 aromatic heterocycles. The topological polar surface area (TPSA) is 49.7 Å². The van der Waals surface area contributed by atoms with E-state index in [2.05, 4.69) is 69.0 Å². The fourth-order valence-corrected chi connectivity index (χ4v) is 6.84. The summed E-state index contributed by atoms with van der Waals surface area (Å²) < 4.78 is 24.5. The molecule has 0 spiro atoms. The summed E-state index contributed by atoms with van der Waals surface area (Å²) in [5.74, 6) is 1.17. The van der Waals surface area contributed by atoms with Crippen LogP contribution in [0.25, 0.3) is 0 Å². The largest absolute Gasteiger partial charge is 0.315 e. The standard InChI is InChI=1S/C22H26N2O2S2/c1-14-5-6-16(3)20(9-14)24-21-13-28(25,26)12-19(21)23-22(24)27-11-18-8-7-15(2)17(4)10-18/h5-10,19,21H,11-13H2,1-4H3/t19-,21+/m1/s1. The Morgan fingerprint density at radius 1 is 1.00 bits per heavy atom. The van der Waals surface area contributed by atoms with E-state index < -0.39 is 9.84 Å². The first-order valence-electron chi connectivity index (χ1n) is 9.57. The molecular weight excluding hydrogens is 388 g/mol. The lowest BCUT2D eigenvalue weighted by Gasteiger charge is -2.28. The third-order valence-corrected chi connectivity index (χ3v) is 8.41. The lowest BCUT2D eigenvalue weighted by atomic mass is 10.1. The van der Waals surface area contributed by atoms with Gasteiger partial charge in [-0.25, -0.2) is 8.42 Å². The number of aryl methyl sites for hydroxylation is 4. The Morgan fingerprint density at radius 3 is 2.50 bits per heavy atom. The molecule has 2 aliphatic rings. The van der Waals surface area contributed by atoms with Crippen LogP contribution in [0, 0.1) is 27.7 Å². The summed E-state index contributed by atoms with van der Waals surface area (Å²) in [5, 5.41) is 0.942. The molecule has 148 valence electrons. The maximum absolute atomic E-state index is 12.2. The van der Waals surface area contributed by atoms with E-state index in [0.717, 1.165) is 22.2 Å². The average molecular weight is 415 g/mol. The molecule has 0 amide bonds. The number of nitrogens with zero attached hydrogens (tertiary/aromatic N) is 2. The van der Waals surface area contributed by atoms with Gasteiger partial charge in [0.25, 0.3) is 0 Å². The molecule has 4 rings (SSSR count). The normalized spacial score (nSPS) is 23.0. The van der Waals surface area contributed by atoms with E-state index in [9.17, 15) is 8.42 Å². The second-order valence-electron chi connectivity index (χ2n) is 7.99. The zero-order valence-electron chi connectivity index (χ0n) is 16.8. The summed E-state index contributed by atoms with van der Waals surface area (Å²) in [6.07, 6.45) is 0. The van der Waals surface area contributed by atoms with Gasteiger partial charge >= 0.3 is 0 Å². The van der Waals surface area contributed by atoms with Gasteiger partial charge in [-0.1, -0.05) is 42.1 Å². The van der Waals surface area contributed by atoms with Crippen LogP contribution in [0.1, 0.15) is 27.8 Å². The molecule has 2 atom stereocenters. The van der Waals surface area contributed by atoms with Gasteiger partial charge in [0.2, 0.25) is 0 Å². The minimum absolute atomic E-state index is 0.0900. The van der Waals surface area contributed by atoms with Crippen molar-refractivity contribution in [3.8, 4) is 0 Å². The predicted molar refractivity (Wildman–Crippen MR) is 119 cm³/mol. The number of sulfone groups is 1. The molecule has 2 aliphatic heterocycles. The van der Waals surface area contributed by atoms with Crippen LogP contribution in [-0.2, 0) is 15.6 Å². The molecule has 0 bridgehead atoms. The van der Waals surface area contributed by atoms with Crippen LogP contribution in [-0.4, -0.2) is 37.2 Å². The molecule has 0 aliphatic carbocycles. The third-order valence-electron chi connectivity index (χ3n) is 5.67. The van der Waals surface area contributed by atoms with Crippen molar-refractivity contribution in [2.24, 2.45) is 4.99 Å². The summed E-state index contributed by atoms with van der Waals surface area (Å²) in [4.78, 5) is 7.04. The van der Waals surface area contributed by atoms with Crippen LogP contribution < -0.4 is 4.90 Å². The third kappa shape index (κ3) is 3.72. The summed E-state index contributed by atoms with van der Waals surface area (Å²) in [7, 11) is -3.03. The number of hydrogen-bond donors (Lipinski definition) is 0. The fourth-order valence-electron chi connectivity index (χ4n) is 3.94. The maximum Gasteiger partial charge on any atom is 0.164 e. The minimum Gasteiger partial charge on any atom is -0.315 e. The number of thioether (sulfide) groups is 1. The summed E-state index contributed by atoms with van der Waals surface area (Å²) >= 11 is 1.71. The molecule has 2 aromatic rings. The Balaban J connectivity index is 1.65. The highest BCUT2D eigenvalue weighted by Crippen LogP contribution is 2.37. The molecule has 0 N–H and O–H groups in total. The SMILES string of the molecule is Cc1ccc(C)c(N2C(SCc3ccc(C)c(C)c3)=N[C@@H]3CS(=O)(=O)C[C@@H]32)c1. The molecule has 0 unspecified atom stereocenters. The van der Waals surface area contributed by atoms with Gasteiger partial charge in [-0.3, -0.25) is 4.99 Å². The van der Waals surface area contributed by atoms with Gasteiger partial charge in [-0.05, 0) is 61.6 Å². The Kier molecular flexibility index (Phi) is 5.04. The maximum atomic E-state index is 12.2. The van der Waals surface area contributed by atoms with Gasteiger partial charge in [0, 0.05) is 11.4 Å². The van der Waals surface area contributed by atoms with E-state index in [1.165, 1.54) is 22.3 Å². The Bertz CT molecular complexity index is 1060. The van der Waals surface area contributed by atoms with Crippen molar-refractivity contribution in [2.75, 3.05) is 16.4 Å². The van der Waals surface area contributed by atoms with Crippen molar-refractivity contribution in [3.05, 3.63) is 64.2 Å². The molecule has 0 saturated carbocycles. The van der Waals surface area contributed by atoms with E-state index in [1.807, 2.05) is 0 Å². The summed E-state index contributed by atoms with van der Waals surface area (Å²) in [5.41, 5.74) is 7.25. The fraction of sp³-hybridized carbons (Fsp3) is 0.409. The van der Waals surface area contributed by atoms with E-state index in [4.69, 9.17) is 4.99 Å². The minimum atomic E-state index is -3.03. The average Bonchev–Trinajstić information content (AvgIpc) is 3.09. The molecule has 28 heavy (non-hydrogen) atoms. The summed E-state index contributed by atoms with van der Waals surface area (Å²) in [6.45, 7) is 8.41. The van der Waals surface area contributed by atoms with E-state index in [1.54, 1.807) is 11.8 Å². The zero-order chi connectivity index (χ0) is 20.1. The van der Waals surface area contributed by atoms with Crippen LogP contribution in [0.2, 0.25) is 0 Å². The highest BCUT2D eigenvalue weighted by atomic mass is 32.2. The molecular formula is C22H26N2O2S2. The molecule has 1 saturated heterocycles. The molecule has 0 radical (unpaired) electrons. The number of benzene rings is 2. The van der Waals surface area contributed by atoms with Crippen molar-refractivity contribution < 1.29 is 8.42 Å². The van der Waals surface area contributed by atoms with Crippen molar-refractivity contribution in [2.45, 2.75) is 45.5 Å². The van der Waals surface area contributed by atoms with Crippen molar-refractivity contribution >= 4 is 32.5 Å². The zero-order valence-corrected chi connectivity index (χ0v) is 18.4. The molecule has 4 nitrogen and oxygen atoms in total. The molecule has 2 aromatic carbocycles. The first-order chi connectivity index (χ1) is 13.2. The lowest BCUT2D eigenvalue weighted by molar-refractivity contribution is 0.601. The Hall–Kier alpha value is -1.79. The van der Waals surface area contributed by atoms with E-state index >= 15 is 0 Å². The van der Waals surface area contributed by atoms with Crippen LogP contribution in [0.15, 0.2) is 41.4 Å². The van der Waals surface area contributed by atoms with Crippen molar-refractivity contribution in [1.29, 1.82) is 0 Å². The summed E-state index contributed by atoms with van der Waals surface area (Å²) in [6, 6.07) is 12.6. The number of anilines is 1. The highest BCUT2D eigenvalue weighted by molar-refractivity contribution is 8.13. The quantitative estimate of drug-likeness (QED) is 0.755. The smallest absolute Gasteiger partial charge is 0.164 e. The Labute approximate surface area is 172 Å². The van der Waals surface area contributed by atoms with Crippen molar-refractivity contribution in [1.82, 2.24) is 0 Å². The second kappa shape index (κ2) is 7.23. The van der Waals surface area contributed by atoms with Crippen molar-refractivity contribution in [3.63, 3.8) is 0 Å². The van der Waals surface area contributed by atoms with Gasteiger partial charge in [0.1, 0.15) is 0 Å². The van der Waals surface area contributed by atoms with Gasteiger partial charge < -0.3 is 4.90 Å². The lowest BCUT2D eigenvalue weighted by Crippen LogP contribution is -2.39. The van der Waals surface area contributed by atoms with Gasteiger partial charge in [0.15, 0.2) is 15.0 Å². The Morgan fingerprint density at radius 2 is 1.75 bits per heavy atom. The predicted octanol–water partition coefficient (Wildman–Crippen LogP) is 4.20. The molecule has 1 fully saturated rings. The monoisotopic (exact) mass is 414 g/mol. The van der Waals surface area contributed by atoms with Crippen LogP contribution in [0.5, 0.6) is 0 Å². The molecule has 2 heterocycles. The first kappa shape index (κ1) is 19.5.